The first kappa shape index (κ1) is 17.4. The van der Waals surface area contributed by atoms with Crippen molar-refractivity contribution in [2.45, 2.75) is 25.8 Å². The van der Waals surface area contributed by atoms with Gasteiger partial charge in [0.2, 0.25) is 0 Å². The maximum absolute atomic E-state index is 4.50. The first-order valence-corrected chi connectivity index (χ1v) is 9.55. The zero-order valence-electron chi connectivity index (χ0n) is 11.7. The number of pyridine rings is 1. The van der Waals surface area contributed by atoms with Gasteiger partial charge < -0.3 is 5.32 Å². The second-order valence-corrected chi connectivity index (χ2v) is 7.86. The molecule has 112 valence electrons. The highest BCUT2D eigenvalue weighted by Crippen LogP contribution is 2.28. The predicted molar refractivity (Wildman–Crippen MR) is 104 cm³/mol. The normalized spacial score (nSPS) is 12.4. The Morgan fingerprint density at radius 1 is 1.24 bits per heavy atom. The summed E-state index contributed by atoms with van der Waals surface area (Å²) in [5.74, 6) is 0. The molecule has 2 aromatic rings. The molecule has 0 bridgehead atoms. The molecule has 0 saturated heterocycles. The Morgan fingerprint density at radius 2 is 2.05 bits per heavy atom. The summed E-state index contributed by atoms with van der Waals surface area (Å²) in [6.07, 6.45) is 3.85. The lowest BCUT2D eigenvalue weighted by molar-refractivity contribution is 0.522. The molecule has 0 fully saturated rings. The number of hydrogen-bond donors (Lipinski definition) is 1. The van der Waals surface area contributed by atoms with Crippen molar-refractivity contribution in [2.75, 3.05) is 6.54 Å². The van der Waals surface area contributed by atoms with Crippen LogP contribution in [0.5, 0.6) is 0 Å². The van der Waals surface area contributed by atoms with Gasteiger partial charge in [0.1, 0.15) is 0 Å². The topological polar surface area (TPSA) is 24.9 Å². The molecule has 1 unspecified atom stereocenters. The van der Waals surface area contributed by atoms with Gasteiger partial charge in [0.05, 0.1) is 0 Å². The number of aromatic nitrogens is 1. The first-order valence-electron chi connectivity index (χ1n) is 6.89. The molecule has 1 heterocycles. The second-order valence-electron chi connectivity index (χ2n) is 4.84. The van der Waals surface area contributed by atoms with Crippen molar-refractivity contribution in [1.29, 1.82) is 0 Å². The standard InChI is InChI=1S/C16H17Br2IN2/c1-2-7-20-16(9-13-5-3-11(17)10-21-13)14-8-12(19)4-6-15(14)18/h3-6,8,10,16,20H,2,7,9H2,1H3. The zero-order chi connectivity index (χ0) is 15.2. The van der Waals surface area contributed by atoms with E-state index in [1.807, 2.05) is 12.3 Å². The molecule has 1 aromatic carbocycles. The lowest BCUT2D eigenvalue weighted by Gasteiger charge is -2.20. The summed E-state index contributed by atoms with van der Waals surface area (Å²) < 4.78 is 3.41. The summed E-state index contributed by atoms with van der Waals surface area (Å²) >= 11 is 9.47. The zero-order valence-corrected chi connectivity index (χ0v) is 17.1. The lowest BCUT2D eigenvalue weighted by Crippen LogP contribution is -2.25. The van der Waals surface area contributed by atoms with Gasteiger partial charge in [-0.05, 0) is 87.4 Å². The fourth-order valence-corrected chi connectivity index (χ4v) is 3.40. The van der Waals surface area contributed by atoms with Crippen molar-refractivity contribution in [2.24, 2.45) is 0 Å². The molecule has 1 N–H and O–H groups in total. The van der Waals surface area contributed by atoms with Crippen molar-refractivity contribution >= 4 is 54.5 Å². The molecule has 1 atom stereocenters. The van der Waals surface area contributed by atoms with Crippen LogP contribution in [0.3, 0.4) is 0 Å². The van der Waals surface area contributed by atoms with Gasteiger partial charge in [-0.15, -0.1) is 0 Å². The van der Waals surface area contributed by atoms with Crippen LogP contribution in [-0.2, 0) is 6.42 Å². The Kier molecular flexibility index (Phi) is 7.12. The van der Waals surface area contributed by atoms with E-state index in [4.69, 9.17) is 0 Å². The fraction of sp³-hybridized carbons (Fsp3) is 0.312. The quantitative estimate of drug-likeness (QED) is 0.506. The van der Waals surface area contributed by atoms with E-state index in [0.29, 0.717) is 0 Å². The average Bonchev–Trinajstić information content (AvgIpc) is 2.48. The summed E-state index contributed by atoms with van der Waals surface area (Å²) in [6.45, 7) is 3.19. The van der Waals surface area contributed by atoms with Gasteiger partial charge in [-0.25, -0.2) is 0 Å². The van der Waals surface area contributed by atoms with Crippen molar-refractivity contribution in [3.63, 3.8) is 0 Å². The highest BCUT2D eigenvalue weighted by Gasteiger charge is 2.15. The molecular weight excluding hydrogens is 507 g/mol. The Labute approximate surface area is 156 Å². The van der Waals surface area contributed by atoms with Crippen LogP contribution in [0.2, 0.25) is 0 Å². The van der Waals surface area contributed by atoms with Gasteiger partial charge >= 0.3 is 0 Å². The molecule has 1 aromatic heterocycles. The minimum absolute atomic E-state index is 0.266. The third-order valence-electron chi connectivity index (χ3n) is 3.18. The minimum Gasteiger partial charge on any atom is -0.310 e. The number of benzene rings is 1. The number of nitrogens with zero attached hydrogens (tertiary/aromatic N) is 1. The van der Waals surface area contributed by atoms with E-state index in [0.717, 1.165) is 34.0 Å². The van der Waals surface area contributed by atoms with Gasteiger partial charge in [-0.2, -0.15) is 0 Å². The van der Waals surface area contributed by atoms with Gasteiger partial charge in [-0.3, -0.25) is 4.98 Å². The average molecular weight is 524 g/mol. The van der Waals surface area contributed by atoms with Gasteiger partial charge in [0.15, 0.2) is 0 Å². The van der Waals surface area contributed by atoms with E-state index in [2.05, 4.69) is 95.9 Å². The van der Waals surface area contributed by atoms with Crippen LogP contribution in [0.25, 0.3) is 0 Å². The van der Waals surface area contributed by atoms with E-state index < -0.39 is 0 Å². The second kappa shape index (κ2) is 8.60. The van der Waals surface area contributed by atoms with E-state index in [-0.39, 0.29) is 6.04 Å². The largest absolute Gasteiger partial charge is 0.310 e. The lowest BCUT2D eigenvalue weighted by atomic mass is 10.0. The molecule has 0 spiro atoms. The third-order valence-corrected chi connectivity index (χ3v) is 5.04. The highest BCUT2D eigenvalue weighted by molar-refractivity contribution is 14.1. The van der Waals surface area contributed by atoms with Crippen LogP contribution in [-0.4, -0.2) is 11.5 Å². The maximum Gasteiger partial charge on any atom is 0.0423 e. The Morgan fingerprint density at radius 3 is 2.71 bits per heavy atom. The van der Waals surface area contributed by atoms with E-state index >= 15 is 0 Å². The summed E-state index contributed by atoms with van der Waals surface area (Å²) in [5, 5.41) is 3.63. The van der Waals surface area contributed by atoms with Crippen molar-refractivity contribution in [3.8, 4) is 0 Å². The van der Waals surface area contributed by atoms with Crippen LogP contribution >= 0.6 is 54.5 Å². The molecule has 21 heavy (non-hydrogen) atoms. The molecule has 5 heteroatoms. The fourth-order valence-electron chi connectivity index (χ4n) is 2.13. The molecule has 0 saturated carbocycles. The molecule has 0 amide bonds. The molecule has 0 aliphatic heterocycles. The number of hydrogen-bond acceptors (Lipinski definition) is 2. The minimum atomic E-state index is 0.266. The Hall–Kier alpha value is 0.0200. The van der Waals surface area contributed by atoms with Crippen molar-refractivity contribution in [1.82, 2.24) is 10.3 Å². The number of rotatable bonds is 6. The Bertz CT molecular complexity index is 587. The van der Waals surface area contributed by atoms with Crippen LogP contribution in [0.15, 0.2) is 45.5 Å². The number of halogens is 3. The highest BCUT2D eigenvalue weighted by atomic mass is 127. The summed E-state index contributed by atoms with van der Waals surface area (Å²) in [5.41, 5.74) is 2.39. The van der Waals surface area contributed by atoms with Gasteiger partial charge in [0.25, 0.3) is 0 Å². The first-order chi connectivity index (χ1) is 10.1. The SMILES string of the molecule is CCCNC(Cc1ccc(Br)cn1)c1cc(I)ccc1Br. The van der Waals surface area contributed by atoms with Crippen LogP contribution in [0.1, 0.15) is 30.6 Å². The molecule has 0 radical (unpaired) electrons. The van der Waals surface area contributed by atoms with Crippen LogP contribution in [0, 0.1) is 3.57 Å². The van der Waals surface area contributed by atoms with Crippen molar-refractivity contribution in [3.05, 3.63) is 60.3 Å². The van der Waals surface area contributed by atoms with E-state index in [1.54, 1.807) is 0 Å². The third kappa shape index (κ3) is 5.30. The molecule has 2 nitrogen and oxygen atoms in total. The van der Waals surface area contributed by atoms with Gasteiger partial charge in [0, 0.05) is 36.9 Å². The molecule has 0 aliphatic carbocycles. The molecule has 0 aliphatic rings. The summed E-state index contributed by atoms with van der Waals surface area (Å²) in [4.78, 5) is 4.50. The maximum atomic E-state index is 4.50. The smallest absolute Gasteiger partial charge is 0.0423 e. The predicted octanol–water partition coefficient (Wildman–Crippen LogP) is 5.49. The van der Waals surface area contributed by atoms with Gasteiger partial charge in [-0.1, -0.05) is 22.9 Å². The van der Waals surface area contributed by atoms with Crippen LogP contribution in [0.4, 0.5) is 0 Å². The van der Waals surface area contributed by atoms with Crippen molar-refractivity contribution < 1.29 is 0 Å². The summed E-state index contributed by atoms with van der Waals surface area (Å²) in [7, 11) is 0. The molecule has 2 rings (SSSR count). The van der Waals surface area contributed by atoms with Crippen LogP contribution < -0.4 is 5.32 Å². The van der Waals surface area contributed by atoms with E-state index in [9.17, 15) is 0 Å². The summed E-state index contributed by atoms with van der Waals surface area (Å²) in [6, 6.07) is 10.9. The molecular formula is C16H17Br2IN2. The Balaban J connectivity index is 2.25. The van der Waals surface area contributed by atoms with E-state index in [1.165, 1.54) is 9.13 Å². The number of nitrogens with one attached hydrogen (secondary N) is 1. The monoisotopic (exact) mass is 522 g/mol.